The minimum absolute atomic E-state index is 0.0779. The van der Waals surface area contributed by atoms with E-state index in [0.29, 0.717) is 19.3 Å². The van der Waals surface area contributed by atoms with Gasteiger partial charge in [-0.05, 0) is 70.6 Å². The van der Waals surface area contributed by atoms with E-state index in [1.165, 1.54) is 44.9 Å². The molecule has 0 bridgehead atoms. The molecule has 2 saturated heterocycles. The number of unbranched alkanes of at least 4 members (excludes halogenated alkanes) is 13. The quantitative estimate of drug-likeness (QED) is 0.0133. The van der Waals surface area contributed by atoms with Gasteiger partial charge in [0.2, 0.25) is 0 Å². The first-order valence-corrected chi connectivity index (χ1v) is 26.9. The number of rotatable bonds is 40. The van der Waals surface area contributed by atoms with Crippen LogP contribution >= 0.6 is 0 Å². The van der Waals surface area contributed by atoms with Crippen LogP contribution in [-0.4, -0.2) is 142 Å². The van der Waals surface area contributed by atoms with Crippen molar-refractivity contribution in [2.24, 2.45) is 0 Å². The van der Waals surface area contributed by atoms with Crippen molar-refractivity contribution in [2.75, 3.05) is 26.4 Å². The van der Waals surface area contributed by atoms with Gasteiger partial charge in [-0.15, -0.1) is 0 Å². The Balaban J connectivity index is 1.83. The number of esters is 2. The van der Waals surface area contributed by atoms with Crippen molar-refractivity contribution in [3.63, 3.8) is 0 Å². The number of carbonyl (C=O) groups is 2. The summed E-state index contributed by atoms with van der Waals surface area (Å²) in [6.07, 6.45) is 37.2. The van der Waals surface area contributed by atoms with E-state index in [2.05, 4.69) is 62.5 Å². The maximum Gasteiger partial charge on any atom is 0.306 e. The monoisotopic (exact) mass is 1020 g/mol. The first-order chi connectivity index (χ1) is 35.0. The third-order valence-electron chi connectivity index (χ3n) is 12.1. The fourth-order valence-electron chi connectivity index (χ4n) is 7.75. The van der Waals surface area contributed by atoms with Crippen molar-refractivity contribution >= 4 is 11.9 Å². The molecule has 2 rings (SSSR count). The molecule has 0 aliphatic carbocycles. The summed E-state index contributed by atoms with van der Waals surface area (Å²) in [5.74, 6) is -1.03. The van der Waals surface area contributed by atoms with Crippen LogP contribution in [-0.2, 0) is 38.0 Å². The van der Waals surface area contributed by atoms with Crippen LogP contribution in [0.15, 0.2) is 97.2 Å². The van der Waals surface area contributed by atoms with E-state index in [-0.39, 0.29) is 19.4 Å². The zero-order valence-corrected chi connectivity index (χ0v) is 43.4. The van der Waals surface area contributed by atoms with Gasteiger partial charge >= 0.3 is 11.9 Å². The second kappa shape index (κ2) is 42.7. The van der Waals surface area contributed by atoms with Crippen molar-refractivity contribution in [1.29, 1.82) is 0 Å². The molecule has 2 heterocycles. The second-order valence-electron chi connectivity index (χ2n) is 18.4. The summed E-state index contributed by atoms with van der Waals surface area (Å²) in [6, 6.07) is 0. The Morgan fingerprint density at radius 2 is 0.944 bits per heavy atom. The number of carbonyl (C=O) groups excluding carboxylic acids is 2. The third-order valence-corrected chi connectivity index (χ3v) is 12.1. The minimum Gasteiger partial charge on any atom is -0.462 e. The average molecular weight is 1020 g/mol. The highest BCUT2D eigenvalue weighted by molar-refractivity contribution is 5.70. The predicted octanol–water partition coefficient (Wildman–Crippen LogP) is 8.15. The summed E-state index contributed by atoms with van der Waals surface area (Å²) in [5, 5.41) is 72.1. The van der Waals surface area contributed by atoms with Crippen molar-refractivity contribution in [3.05, 3.63) is 97.2 Å². The Bertz CT molecular complexity index is 1620. The molecule has 15 heteroatoms. The van der Waals surface area contributed by atoms with Gasteiger partial charge in [0.25, 0.3) is 0 Å². The van der Waals surface area contributed by atoms with Crippen LogP contribution in [0.1, 0.15) is 155 Å². The van der Waals surface area contributed by atoms with Crippen molar-refractivity contribution in [2.45, 2.75) is 223 Å². The van der Waals surface area contributed by atoms with Crippen LogP contribution in [0.4, 0.5) is 0 Å². The first-order valence-electron chi connectivity index (χ1n) is 26.9. The number of ether oxygens (including phenoxy) is 6. The number of aliphatic hydroxyl groups is 7. The molecule has 0 saturated carbocycles. The number of allylic oxidation sites excluding steroid dienone is 16. The molecule has 0 spiro atoms. The molecule has 410 valence electrons. The highest BCUT2D eigenvalue weighted by Gasteiger charge is 2.47. The summed E-state index contributed by atoms with van der Waals surface area (Å²) < 4.78 is 33.5. The lowest BCUT2D eigenvalue weighted by molar-refractivity contribution is -0.332. The summed E-state index contributed by atoms with van der Waals surface area (Å²) in [7, 11) is 0. The molecule has 0 amide bonds. The molecule has 0 radical (unpaired) electrons. The topological polar surface area (TPSA) is 231 Å². The van der Waals surface area contributed by atoms with Gasteiger partial charge in [0.05, 0.1) is 19.8 Å². The van der Waals surface area contributed by atoms with Gasteiger partial charge in [0.1, 0.15) is 55.4 Å². The Morgan fingerprint density at radius 3 is 1.54 bits per heavy atom. The van der Waals surface area contributed by atoms with E-state index in [9.17, 15) is 45.3 Å². The van der Waals surface area contributed by atoms with Gasteiger partial charge in [-0.1, -0.05) is 169 Å². The average Bonchev–Trinajstić information content (AvgIpc) is 3.37. The van der Waals surface area contributed by atoms with Gasteiger partial charge in [-0.25, -0.2) is 0 Å². The van der Waals surface area contributed by atoms with Crippen molar-refractivity contribution in [1.82, 2.24) is 0 Å². The molecule has 4 unspecified atom stereocenters. The van der Waals surface area contributed by atoms with Gasteiger partial charge in [0.15, 0.2) is 18.7 Å². The Hall–Kier alpha value is -3.58. The summed E-state index contributed by atoms with van der Waals surface area (Å²) >= 11 is 0. The van der Waals surface area contributed by atoms with Crippen LogP contribution in [0.25, 0.3) is 0 Å². The zero-order valence-electron chi connectivity index (χ0n) is 43.4. The van der Waals surface area contributed by atoms with E-state index in [1.807, 2.05) is 48.6 Å². The van der Waals surface area contributed by atoms with E-state index >= 15 is 0 Å². The molecule has 0 aromatic rings. The molecule has 2 fully saturated rings. The first kappa shape index (κ1) is 64.5. The number of hydrogen-bond acceptors (Lipinski definition) is 15. The molecule has 0 aromatic carbocycles. The molecular weight excluding hydrogens is 925 g/mol. The van der Waals surface area contributed by atoms with Crippen LogP contribution < -0.4 is 0 Å². The summed E-state index contributed by atoms with van der Waals surface area (Å²) in [4.78, 5) is 25.8. The molecule has 11 atom stereocenters. The van der Waals surface area contributed by atoms with Gasteiger partial charge in [0, 0.05) is 12.8 Å². The van der Waals surface area contributed by atoms with E-state index in [1.54, 1.807) is 0 Å². The lowest BCUT2D eigenvalue weighted by Crippen LogP contribution is -2.61. The number of hydrogen-bond donors (Lipinski definition) is 7. The van der Waals surface area contributed by atoms with Crippen LogP contribution in [0.5, 0.6) is 0 Å². The fourth-order valence-corrected chi connectivity index (χ4v) is 7.75. The van der Waals surface area contributed by atoms with E-state index in [4.69, 9.17) is 28.4 Å². The normalized spacial score (nSPS) is 25.8. The summed E-state index contributed by atoms with van der Waals surface area (Å²) in [5.41, 5.74) is 0. The smallest absolute Gasteiger partial charge is 0.306 e. The fraction of sp³-hybridized carbons (Fsp3) is 0.684. The van der Waals surface area contributed by atoms with Crippen LogP contribution in [0.2, 0.25) is 0 Å². The molecule has 2 aliphatic heterocycles. The molecular formula is C57H92O15. The summed E-state index contributed by atoms with van der Waals surface area (Å²) in [6.45, 7) is 2.35. The standard InChI is InChI=1S/C57H92O15/c1-3-5-7-9-11-13-15-17-19-20-21-22-23-24-26-28-30-32-34-36-38-40-49(60)70-45(42-67-48(59)39-37-35-33-31-29-27-25-18-16-14-12-10-8-6-4-2)43-68-56-55(66)53(64)51(62)47(72-56)44-69-57-54(65)52(63)50(61)46(41-58)71-57/h6,8,10,12,14,16,18-20,22-23,25-26,28,32,34,45-47,50-58,61-66H,3-5,7,9,11,13,15,17,21,24,27,29-31,33,35-44H2,1-2H3/b8-6+,12-10+,16-14+,20-19+,23-22+,25-18+,28-26+,34-32+/t45-,46+,47+,50-,51-,52?,53?,54?,55?,56+,57+/m1/s1. The molecule has 15 nitrogen and oxygen atoms in total. The van der Waals surface area contributed by atoms with E-state index in [0.717, 1.165) is 64.2 Å². The largest absolute Gasteiger partial charge is 0.462 e. The maximum absolute atomic E-state index is 13.0. The van der Waals surface area contributed by atoms with Crippen molar-refractivity contribution in [3.8, 4) is 0 Å². The Labute approximate surface area is 430 Å². The number of aliphatic hydroxyl groups excluding tert-OH is 7. The predicted molar refractivity (Wildman–Crippen MR) is 279 cm³/mol. The molecule has 72 heavy (non-hydrogen) atoms. The van der Waals surface area contributed by atoms with E-state index < -0.39 is 99.3 Å². The van der Waals surface area contributed by atoms with Gasteiger partial charge < -0.3 is 64.2 Å². The molecule has 7 N–H and O–H groups in total. The highest BCUT2D eigenvalue weighted by Crippen LogP contribution is 2.26. The maximum atomic E-state index is 13.0. The van der Waals surface area contributed by atoms with Crippen LogP contribution in [0.3, 0.4) is 0 Å². The lowest BCUT2D eigenvalue weighted by Gasteiger charge is -2.42. The minimum atomic E-state index is -1.78. The zero-order chi connectivity index (χ0) is 52.4. The van der Waals surface area contributed by atoms with Crippen LogP contribution in [0, 0.1) is 0 Å². The Morgan fingerprint density at radius 1 is 0.472 bits per heavy atom. The third kappa shape index (κ3) is 30.0. The SMILES string of the molecule is CC/C=C/C=C/C=C/C=C/CCCCCCCC(=O)OC[C@H](CO[C@H]1O[C@@H](CO[C@H]2O[C@@H](CO)[C@@H](O)C(O)C2O)[C@@H](O)C(O)C1O)OC(=O)CCC/C=C/C/C=C/C/C=C/C/C=C/CCCCCCCCC. The molecule has 0 aromatic heterocycles. The molecule has 2 aliphatic rings. The van der Waals surface area contributed by atoms with Gasteiger partial charge in [-0.3, -0.25) is 9.59 Å². The lowest BCUT2D eigenvalue weighted by atomic mass is 9.98. The van der Waals surface area contributed by atoms with Gasteiger partial charge in [-0.2, -0.15) is 0 Å². The second-order valence-corrected chi connectivity index (χ2v) is 18.4. The Kier molecular flexibility index (Phi) is 38.3. The highest BCUT2D eigenvalue weighted by atomic mass is 16.7. The van der Waals surface area contributed by atoms with Crippen molar-refractivity contribution < 1.29 is 73.8 Å².